The van der Waals surface area contributed by atoms with Gasteiger partial charge >= 0.3 is 5.97 Å². The molecule has 2 heterocycles. The van der Waals surface area contributed by atoms with E-state index < -0.39 is 0 Å². The molecule has 1 aliphatic carbocycles. The van der Waals surface area contributed by atoms with E-state index in [0.717, 1.165) is 46.4 Å². The first kappa shape index (κ1) is 28.3. The van der Waals surface area contributed by atoms with Crippen LogP contribution < -0.4 is 0 Å². The van der Waals surface area contributed by atoms with Crippen LogP contribution in [0.25, 0.3) is 10.9 Å². The Morgan fingerprint density at radius 2 is 2.09 bits per heavy atom. The van der Waals surface area contributed by atoms with Crippen LogP contribution in [0.1, 0.15) is 53.1 Å². The Bertz CT molecular complexity index is 1100. The first-order valence-corrected chi connectivity index (χ1v) is 13.1. The molecule has 0 spiro atoms. The zero-order valence-electron chi connectivity index (χ0n) is 18.7. The van der Waals surface area contributed by atoms with Crippen molar-refractivity contribution in [3.05, 3.63) is 43.9 Å². The van der Waals surface area contributed by atoms with Crippen molar-refractivity contribution in [2.75, 3.05) is 20.7 Å². The number of thiazole rings is 1. The number of aromatic nitrogens is 2. The van der Waals surface area contributed by atoms with Crippen LogP contribution in [-0.4, -0.2) is 46.2 Å². The van der Waals surface area contributed by atoms with Gasteiger partial charge in [0.1, 0.15) is 5.75 Å². The number of nitrogens with zero attached hydrogens (tertiary/aromatic N) is 3. The average Bonchev–Trinajstić information content (AvgIpc) is 3.31. The van der Waals surface area contributed by atoms with Crippen molar-refractivity contribution < 1.29 is 14.6 Å². The largest absolute Gasteiger partial charge is 0.506 e. The maximum Gasteiger partial charge on any atom is 0.340 e. The van der Waals surface area contributed by atoms with Gasteiger partial charge in [-0.15, -0.1) is 47.9 Å². The van der Waals surface area contributed by atoms with Crippen LogP contribution in [0, 0.1) is 0 Å². The van der Waals surface area contributed by atoms with E-state index in [1.165, 1.54) is 0 Å². The lowest BCUT2D eigenvalue weighted by Crippen LogP contribution is -2.13. The molecular weight excluding hydrogens is 569 g/mol. The molecule has 6 nitrogen and oxygen atoms in total. The Labute approximate surface area is 223 Å². The monoisotopic (exact) mass is 595 g/mol. The fourth-order valence-electron chi connectivity index (χ4n) is 3.90. The van der Waals surface area contributed by atoms with E-state index in [-0.39, 0.29) is 36.5 Å². The molecule has 3 aromatic rings. The van der Waals surface area contributed by atoms with E-state index in [1.807, 2.05) is 37.5 Å². The number of benzene rings is 1. The van der Waals surface area contributed by atoms with Crippen molar-refractivity contribution in [1.29, 1.82) is 0 Å². The fourth-order valence-corrected chi connectivity index (χ4v) is 5.97. The fraction of sp³-hybridized carbons (Fsp3) is 0.455. The van der Waals surface area contributed by atoms with Crippen molar-refractivity contribution in [3.8, 4) is 5.75 Å². The molecule has 182 valence electrons. The second-order valence-electron chi connectivity index (χ2n) is 7.93. The number of esters is 1. The van der Waals surface area contributed by atoms with Gasteiger partial charge in [0.25, 0.3) is 0 Å². The van der Waals surface area contributed by atoms with Gasteiger partial charge in [0, 0.05) is 46.1 Å². The molecular formula is C22H28BrCl2N3O3S2. The molecule has 11 heteroatoms. The van der Waals surface area contributed by atoms with Crippen LogP contribution in [0.15, 0.2) is 21.4 Å². The smallest absolute Gasteiger partial charge is 0.340 e. The molecule has 0 saturated heterocycles. The van der Waals surface area contributed by atoms with Gasteiger partial charge < -0.3 is 19.3 Å². The highest BCUT2D eigenvalue weighted by Crippen LogP contribution is 2.46. The number of phenols is 1. The Balaban J connectivity index is 0.00000193. The van der Waals surface area contributed by atoms with Crippen molar-refractivity contribution in [2.24, 2.45) is 0 Å². The molecule has 0 radical (unpaired) electrons. The summed E-state index contributed by atoms with van der Waals surface area (Å²) in [4.78, 5) is 19.6. The van der Waals surface area contributed by atoms with E-state index in [4.69, 9.17) is 4.74 Å². The topological polar surface area (TPSA) is 67.6 Å². The van der Waals surface area contributed by atoms with Gasteiger partial charge in [0.05, 0.1) is 33.4 Å². The number of halogens is 3. The van der Waals surface area contributed by atoms with Crippen molar-refractivity contribution >= 4 is 80.7 Å². The highest BCUT2D eigenvalue weighted by atomic mass is 79.9. The molecule has 0 aliphatic heterocycles. The lowest BCUT2D eigenvalue weighted by Gasteiger charge is -2.15. The molecule has 2 aromatic heterocycles. The van der Waals surface area contributed by atoms with Gasteiger partial charge in [-0.25, -0.2) is 9.78 Å². The molecule has 1 fully saturated rings. The summed E-state index contributed by atoms with van der Waals surface area (Å²) in [7, 11) is 3.91. The summed E-state index contributed by atoms with van der Waals surface area (Å²) >= 11 is 6.87. The third kappa shape index (κ3) is 6.00. The van der Waals surface area contributed by atoms with Crippen LogP contribution in [0.5, 0.6) is 5.75 Å². The summed E-state index contributed by atoms with van der Waals surface area (Å²) in [5.41, 5.74) is 6.20. The third-order valence-electron chi connectivity index (χ3n) is 5.26. The first-order chi connectivity index (χ1) is 14.9. The molecule has 0 amide bonds. The maximum absolute atomic E-state index is 13.2. The molecule has 0 atom stereocenters. The van der Waals surface area contributed by atoms with Crippen LogP contribution in [-0.2, 0) is 22.8 Å². The van der Waals surface area contributed by atoms with E-state index in [9.17, 15) is 9.90 Å². The minimum absolute atomic E-state index is 0. The lowest BCUT2D eigenvalue weighted by molar-refractivity contribution is 0.0527. The second kappa shape index (κ2) is 12.1. The number of fused-ring (bicyclic) bond motifs is 1. The Hall–Kier alpha value is -0.970. The van der Waals surface area contributed by atoms with Crippen molar-refractivity contribution in [3.63, 3.8) is 0 Å². The molecule has 0 bridgehead atoms. The maximum atomic E-state index is 13.2. The molecule has 33 heavy (non-hydrogen) atoms. The lowest BCUT2D eigenvalue weighted by atomic mass is 10.0. The summed E-state index contributed by atoms with van der Waals surface area (Å²) in [5.74, 6) is 1.33. The first-order valence-electron chi connectivity index (χ1n) is 10.3. The number of hydrogen-bond donors (Lipinski definition) is 1. The number of hydrogen-bond acceptors (Lipinski definition) is 7. The van der Waals surface area contributed by atoms with E-state index >= 15 is 0 Å². The minimum Gasteiger partial charge on any atom is -0.506 e. The van der Waals surface area contributed by atoms with Crippen LogP contribution in [0.4, 0.5) is 0 Å². The minimum atomic E-state index is -0.321. The molecule has 1 aromatic carbocycles. The zero-order chi connectivity index (χ0) is 22.1. The molecule has 1 N–H and O–H groups in total. The average molecular weight is 597 g/mol. The summed E-state index contributed by atoms with van der Waals surface area (Å²) < 4.78 is 8.44. The number of ether oxygens (including phenoxy) is 1. The van der Waals surface area contributed by atoms with Crippen molar-refractivity contribution in [1.82, 2.24) is 14.5 Å². The quantitative estimate of drug-likeness (QED) is 0.288. The molecule has 0 unspecified atom stereocenters. The Morgan fingerprint density at radius 3 is 2.67 bits per heavy atom. The predicted octanol–water partition coefficient (Wildman–Crippen LogP) is 6.42. The highest BCUT2D eigenvalue weighted by molar-refractivity contribution is 9.10. The number of aromatic hydroxyl groups is 1. The number of carbonyl (C=O) groups is 1. The number of phenolic OH excluding ortho intramolecular Hbond substituents is 1. The van der Waals surface area contributed by atoms with Crippen LogP contribution >= 0.6 is 63.8 Å². The highest BCUT2D eigenvalue weighted by Gasteiger charge is 2.34. The molecule has 1 aliphatic rings. The standard InChI is InChI=1S/C22H26BrN3O3S2.2ClH/c1-4-29-22(28)20-18(11-30-9-13-10-31-12-24-13)26(14-5-6-14)17-7-16(23)21(27)15(19(17)20)8-25(2)3;;/h7,10,12,14,27H,4-6,8-9,11H2,1-3H3;2*1H. The number of thioether (sulfide) groups is 1. The summed E-state index contributed by atoms with van der Waals surface area (Å²) in [6.07, 6.45) is 2.19. The summed E-state index contributed by atoms with van der Waals surface area (Å²) in [6, 6.07) is 2.32. The van der Waals surface area contributed by atoms with E-state index in [1.54, 1.807) is 23.1 Å². The normalized spacial score (nSPS) is 13.1. The van der Waals surface area contributed by atoms with Gasteiger partial charge in [-0.2, -0.15) is 0 Å². The van der Waals surface area contributed by atoms with Gasteiger partial charge in [0.2, 0.25) is 0 Å². The van der Waals surface area contributed by atoms with Crippen molar-refractivity contribution in [2.45, 2.75) is 43.9 Å². The summed E-state index contributed by atoms with van der Waals surface area (Å²) in [6.45, 7) is 2.66. The van der Waals surface area contributed by atoms with Gasteiger partial charge in [-0.1, -0.05) is 0 Å². The zero-order valence-corrected chi connectivity index (χ0v) is 23.5. The van der Waals surface area contributed by atoms with Gasteiger partial charge in [0.15, 0.2) is 0 Å². The molecule has 4 rings (SSSR count). The Kier molecular flexibility index (Phi) is 10.4. The van der Waals surface area contributed by atoms with E-state index in [2.05, 4.69) is 30.9 Å². The molecule has 1 saturated carbocycles. The van der Waals surface area contributed by atoms with Gasteiger partial charge in [-0.05, 0) is 55.9 Å². The Morgan fingerprint density at radius 1 is 1.36 bits per heavy atom. The van der Waals surface area contributed by atoms with Gasteiger partial charge in [-0.3, -0.25) is 0 Å². The number of carbonyl (C=O) groups excluding carboxylic acids is 1. The second-order valence-corrected chi connectivity index (χ2v) is 10.5. The summed E-state index contributed by atoms with van der Waals surface area (Å²) in [5, 5.41) is 13.8. The van der Waals surface area contributed by atoms with Crippen LogP contribution in [0.3, 0.4) is 0 Å². The predicted molar refractivity (Wildman–Crippen MR) is 145 cm³/mol. The van der Waals surface area contributed by atoms with Crippen LogP contribution in [0.2, 0.25) is 0 Å². The van der Waals surface area contributed by atoms with E-state index in [0.29, 0.717) is 35.0 Å². The SMILES string of the molecule is CCOC(=O)c1c(CSCc2cscn2)n(C2CC2)c2cc(Br)c(O)c(CN(C)C)c12.Cl.Cl. The number of rotatable bonds is 9. The third-order valence-corrected chi connectivity index (χ3v) is 7.48.